The van der Waals surface area contributed by atoms with E-state index in [0.29, 0.717) is 42.0 Å². The van der Waals surface area contributed by atoms with Crippen LogP contribution in [0.5, 0.6) is 0 Å². The van der Waals surface area contributed by atoms with Gasteiger partial charge in [0.05, 0.1) is 27.5 Å². The van der Waals surface area contributed by atoms with E-state index in [0.717, 1.165) is 23.1 Å². The fraction of sp³-hybridized carbons (Fsp3) is 0.324. The molecule has 0 radical (unpaired) electrons. The lowest BCUT2D eigenvalue weighted by Gasteiger charge is -2.32. The summed E-state index contributed by atoms with van der Waals surface area (Å²) < 4.78 is 17.2. The third kappa shape index (κ3) is 7.38. The monoisotopic (exact) mass is 652 g/mol. The molecule has 1 atom stereocenters. The summed E-state index contributed by atoms with van der Waals surface area (Å²) >= 11 is 6.98. The fourth-order valence-electron chi connectivity index (χ4n) is 5.79. The van der Waals surface area contributed by atoms with Gasteiger partial charge in [0.15, 0.2) is 5.65 Å². The Bertz CT molecular complexity index is 1910. The molecule has 0 N–H and O–H groups in total. The smallest absolute Gasteiger partial charge is 0.355 e. The summed E-state index contributed by atoms with van der Waals surface area (Å²) in [6.45, 7) is 14.6. The number of amides is 1. The summed E-state index contributed by atoms with van der Waals surface area (Å²) in [5.41, 5.74) is 3.03. The van der Waals surface area contributed by atoms with E-state index < -0.39 is 11.5 Å². The first-order chi connectivity index (χ1) is 22.3. The van der Waals surface area contributed by atoms with Crippen molar-refractivity contribution in [3.05, 3.63) is 92.7 Å². The highest BCUT2D eigenvalue weighted by atomic mass is 35.5. The first-order valence-electron chi connectivity index (χ1n) is 16.0. The van der Waals surface area contributed by atoms with Crippen molar-refractivity contribution in [3.8, 4) is 16.9 Å². The maximum atomic E-state index is 15.7. The van der Waals surface area contributed by atoms with Crippen molar-refractivity contribution in [1.29, 1.82) is 0 Å². The zero-order valence-corrected chi connectivity index (χ0v) is 29.3. The maximum absolute atomic E-state index is 15.7. The number of aromatic nitrogens is 4. The number of aryl methyl sites for hydroxylation is 1. The second-order valence-corrected chi connectivity index (χ2v) is 12.7. The van der Waals surface area contributed by atoms with Crippen LogP contribution in [0.1, 0.15) is 63.8 Å². The van der Waals surface area contributed by atoms with Gasteiger partial charge >= 0.3 is 5.69 Å². The normalized spacial score (nSPS) is 11.8. The first-order valence-corrected chi connectivity index (χ1v) is 16.4. The number of nitrogens with zero attached hydrogens (tertiary/aromatic N) is 6. The van der Waals surface area contributed by atoms with E-state index in [1.807, 2.05) is 81.3 Å². The van der Waals surface area contributed by atoms with E-state index in [4.69, 9.17) is 16.6 Å². The minimum Gasteiger partial charge on any atom is -0.402 e. The van der Waals surface area contributed by atoms with Crippen LogP contribution in [0.15, 0.2) is 59.3 Å². The van der Waals surface area contributed by atoms with E-state index in [9.17, 15) is 9.59 Å². The third-order valence-corrected chi connectivity index (χ3v) is 8.46. The van der Waals surface area contributed by atoms with E-state index in [2.05, 4.69) is 16.5 Å². The molecular formula is C34H41B3ClFN6O2. The minimum atomic E-state index is -0.553. The summed E-state index contributed by atoms with van der Waals surface area (Å²) in [6, 6.07) is 8.18. The van der Waals surface area contributed by atoms with Gasteiger partial charge in [0.1, 0.15) is 27.3 Å². The number of hydrogen-bond acceptors (Lipinski definition) is 6. The predicted octanol–water partition coefficient (Wildman–Crippen LogP) is 4.05. The van der Waals surface area contributed by atoms with Crippen LogP contribution in [0.4, 0.5) is 10.2 Å². The topological polar surface area (TPSA) is 84.2 Å². The Kier molecular flexibility index (Phi) is 11.5. The molecular weight excluding hydrogens is 611 g/mol. The number of rotatable bonds is 12. The van der Waals surface area contributed by atoms with Gasteiger partial charge in [-0.25, -0.2) is 18.7 Å². The second-order valence-electron chi connectivity index (χ2n) is 12.3. The van der Waals surface area contributed by atoms with Crippen molar-refractivity contribution >= 4 is 64.1 Å². The number of fused-ring (bicyclic) bond motifs is 1. The molecule has 4 rings (SSSR count). The first kappa shape index (κ1) is 35.7. The standard InChI is InChI=1S/C34H41B3ClFN6O2/c1-7-15-43(27(46)9-3)18-20(6)45(37)33-23-17-24(38)30(28-22(16-26(35)36)11-10-12-25(28)39)41-32(23)44(34(47)42-33)31-21(8-2)13-14-40-29(31)19(4)5/h9-14,16-17,19-20H,3,7-8,15,18,35-37H2,1-2,4-6H3/t20-/m0/s1. The van der Waals surface area contributed by atoms with Gasteiger partial charge in [-0.1, -0.05) is 64.1 Å². The Morgan fingerprint density at radius 2 is 1.89 bits per heavy atom. The van der Waals surface area contributed by atoms with Crippen molar-refractivity contribution in [1.82, 2.24) is 24.4 Å². The van der Waals surface area contributed by atoms with Crippen molar-refractivity contribution in [2.24, 2.45) is 0 Å². The molecule has 0 fully saturated rings. The van der Waals surface area contributed by atoms with E-state index in [-0.39, 0.29) is 39.8 Å². The Morgan fingerprint density at radius 1 is 1.17 bits per heavy atom. The van der Waals surface area contributed by atoms with E-state index in [1.54, 1.807) is 23.2 Å². The number of hydrogen-bond donors (Lipinski definition) is 0. The highest BCUT2D eigenvalue weighted by molar-refractivity contribution is 6.50. The maximum Gasteiger partial charge on any atom is 0.355 e. The fourth-order valence-corrected chi connectivity index (χ4v) is 6.04. The van der Waals surface area contributed by atoms with E-state index >= 15 is 4.39 Å². The van der Waals surface area contributed by atoms with Crippen LogP contribution < -0.4 is 10.5 Å². The molecule has 1 aromatic carbocycles. The molecule has 4 aromatic rings. The van der Waals surface area contributed by atoms with Gasteiger partial charge in [-0.15, -0.1) is 5.37 Å². The number of halogens is 2. The van der Waals surface area contributed by atoms with Gasteiger partial charge in [0.25, 0.3) is 0 Å². The molecule has 3 heterocycles. The molecule has 242 valence electrons. The number of anilines is 1. The lowest BCUT2D eigenvalue weighted by Crippen LogP contribution is -2.44. The number of pyridine rings is 2. The van der Waals surface area contributed by atoms with Gasteiger partial charge in [0.2, 0.25) is 13.9 Å². The van der Waals surface area contributed by atoms with Gasteiger partial charge in [-0.3, -0.25) is 9.78 Å². The lowest BCUT2D eigenvalue weighted by molar-refractivity contribution is -0.126. The van der Waals surface area contributed by atoms with Crippen molar-refractivity contribution in [2.45, 2.75) is 59.4 Å². The van der Waals surface area contributed by atoms with Crippen LogP contribution in [-0.2, 0) is 11.2 Å². The Balaban J connectivity index is 2.11. The second kappa shape index (κ2) is 15.2. The van der Waals surface area contributed by atoms with Crippen LogP contribution in [0.25, 0.3) is 34.1 Å². The third-order valence-electron chi connectivity index (χ3n) is 8.18. The molecule has 0 bridgehead atoms. The highest BCUT2D eigenvalue weighted by Gasteiger charge is 2.26. The predicted molar refractivity (Wildman–Crippen MR) is 199 cm³/mol. The van der Waals surface area contributed by atoms with Crippen LogP contribution in [-0.4, -0.2) is 73.1 Å². The summed E-state index contributed by atoms with van der Waals surface area (Å²) in [5, 5.41) is 1.69. The molecule has 0 aliphatic heterocycles. The molecule has 8 nitrogen and oxygen atoms in total. The summed E-state index contributed by atoms with van der Waals surface area (Å²) in [7, 11) is 5.69. The largest absolute Gasteiger partial charge is 0.402 e. The molecule has 0 saturated carbocycles. The van der Waals surface area contributed by atoms with Gasteiger partial charge in [-0.2, -0.15) is 4.98 Å². The molecule has 1 amide bonds. The van der Waals surface area contributed by atoms with Crippen LogP contribution >= 0.6 is 11.6 Å². The summed E-state index contributed by atoms with van der Waals surface area (Å²) in [4.78, 5) is 44.7. The van der Waals surface area contributed by atoms with Crippen LogP contribution in [0, 0.1) is 5.82 Å². The number of benzene rings is 1. The quantitative estimate of drug-likeness (QED) is 0.170. The molecule has 3 aromatic heterocycles. The zero-order chi connectivity index (χ0) is 34.6. The van der Waals surface area contributed by atoms with Gasteiger partial charge < -0.3 is 9.71 Å². The summed E-state index contributed by atoms with van der Waals surface area (Å²) in [6.07, 6.45) is 6.34. The lowest BCUT2D eigenvalue weighted by atomic mass is 9.77. The average Bonchev–Trinajstić information content (AvgIpc) is 3.03. The van der Waals surface area contributed by atoms with Crippen LogP contribution in [0.3, 0.4) is 0 Å². The van der Waals surface area contributed by atoms with Crippen molar-refractivity contribution < 1.29 is 9.18 Å². The SMILES string of the molecule is BC(B)=Cc1cccc(F)c1-c1nc2c(cc1Cl)c(N(B)[C@@H](C)CN(CCC)C(=O)C=C)nc(=O)n2-c1c(CC)ccnc1C(C)C. The Hall–Kier alpha value is -4.18. The molecule has 47 heavy (non-hydrogen) atoms. The molecule has 0 unspecified atom stereocenters. The Morgan fingerprint density at radius 3 is 2.51 bits per heavy atom. The molecule has 0 spiro atoms. The zero-order valence-electron chi connectivity index (χ0n) is 28.6. The highest BCUT2D eigenvalue weighted by Crippen LogP contribution is 2.37. The number of carbonyl (C=O) groups excluding carboxylic acids is 1. The minimum absolute atomic E-state index is 0.0182. The van der Waals surface area contributed by atoms with Gasteiger partial charge in [0, 0.05) is 30.9 Å². The summed E-state index contributed by atoms with van der Waals surface area (Å²) in [5.74, 6) is -0.320. The van der Waals surface area contributed by atoms with E-state index in [1.165, 1.54) is 16.7 Å². The molecule has 0 aliphatic carbocycles. The van der Waals surface area contributed by atoms with Crippen molar-refractivity contribution in [3.63, 3.8) is 0 Å². The Labute approximate surface area is 284 Å². The number of carbonyl (C=O) groups is 1. The molecule has 0 saturated heterocycles. The van der Waals surface area contributed by atoms with Gasteiger partial charge in [-0.05, 0) is 61.1 Å². The molecule has 13 heteroatoms. The van der Waals surface area contributed by atoms with Crippen molar-refractivity contribution in [2.75, 3.05) is 17.9 Å². The molecule has 0 aliphatic rings. The van der Waals surface area contributed by atoms with Crippen LogP contribution in [0.2, 0.25) is 5.02 Å². The average molecular weight is 653 g/mol.